The number of thiophene rings is 1. The van der Waals surface area contributed by atoms with Gasteiger partial charge in [-0.1, -0.05) is 25.1 Å². The van der Waals surface area contributed by atoms with E-state index in [0.29, 0.717) is 5.92 Å². The van der Waals surface area contributed by atoms with Gasteiger partial charge in [-0.3, -0.25) is 4.79 Å². The molecule has 2 atom stereocenters. The van der Waals surface area contributed by atoms with Gasteiger partial charge in [0.25, 0.3) is 5.91 Å². The highest BCUT2D eigenvalue weighted by Crippen LogP contribution is 2.44. The zero-order chi connectivity index (χ0) is 17.4. The Kier molecular flexibility index (Phi) is 4.56. The minimum absolute atomic E-state index is 0.195. The highest BCUT2D eigenvalue weighted by atomic mass is 32.1. The number of carbonyl (C=O) groups is 1. The van der Waals surface area contributed by atoms with Crippen LogP contribution in [0.15, 0.2) is 29.6 Å². The molecule has 2 saturated heterocycles. The van der Waals surface area contributed by atoms with Gasteiger partial charge < -0.3 is 14.5 Å². The van der Waals surface area contributed by atoms with Crippen LogP contribution in [-0.2, 0) is 4.74 Å². The molecule has 0 bridgehead atoms. The first-order chi connectivity index (χ1) is 12.2. The monoisotopic (exact) mass is 358 g/mol. The number of ether oxygens (including phenoxy) is 1. The first-order valence-corrected chi connectivity index (χ1v) is 10.0. The predicted octanol–water partition coefficient (Wildman–Crippen LogP) is 3.33. The Hall–Kier alpha value is -1.43. The lowest BCUT2D eigenvalue weighted by molar-refractivity contribution is 0.0718. The van der Waals surface area contributed by atoms with Crippen molar-refractivity contribution < 1.29 is 9.53 Å². The molecule has 5 heteroatoms. The number of hydrogen-bond donors (Lipinski definition) is 0. The maximum atomic E-state index is 13.2. The van der Waals surface area contributed by atoms with Crippen molar-refractivity contribution in [1.29, 1.82) is 0 Å². The molecule has 0 N–H and O–H groups in total. The van der Waals surface area contributed by atoms with Crippen molar-refractivity contribution in [2.45, 2.75) is 13.3 Å². The molecule has 0 radical (unpaired) electrons. The Morgan fingerprint density at radius 1 is 1.36 bits per heavy atom. The molecule has 2 aliphatic rings. The van der Waals surface area contributed by atoms with Gasteiger partial charge in [-0.2, -0.15) is 0 Å². The van der Waals surface area contributed by atoms with E-state index in [2.05, 4.69) is 28.9 Å². The first-order valence-electron chi connectivity index (χ1n) is 9.13. The number of likely N-dealkylation sites (tertiary alicyclic amines) is 2. The van der Waals surface area contributed by atoms with E-state index in [0.717, 1.165) is 56.7 Å². The van der Waals surface area contributed by atoms with Gasteiger partial charge in [-0.05, 0) is 19.0 Å². The normalized spacial score (nSPS) is 27.0. The fraction of sp³-hybridized carbons (Fsp3) is 0.550. The van der Waals surface area contributed by atoms with Crippen LogP contribution in [0.2, 0.25) is 0 Å². The van der Waals surface area contributed by atoms with Gasteiger partial charge >= 0.3 is 0 Å². The van der Waals surface area contributed by atoms with Crippen LogP contribution >= 0.6 is 11.3 Å². The van der Waals surface area contributed by atoms with E-state index in [-0.39, 0.29) is 11.3 Å². The van der Waals surface area contributed by atoms with Crippen LogP contribution in [0, 0.1) is 11.3 Å². The van der Waals surface area contributed by atoms with Crippen molar-refractivity contribution >= 4 is 27.3 Å². The van der Waals surface area contributed by atoms with Crippen LogP contribution in [0.25, 0.3) is 10.1 Å². The Morgan fingerprint density at radius 3 is 3.00 bits per heavy atom. The zero-order valence-corrected chi connectivity index (χ0v) is 15.8. The minimum atomic E-state index is 0.195. The molecule has 1 aromatic heterocycles. The predicted molar refractivity (Wildman–Crippen MR) is 102 cm³/mol. The number of rotatable bonds is 4. The number of hydrogen-bond acceptors (Lipinski definition) is 4. The zero-order valence-electron chi connectivity index (χ0n) is 15.0. The number of nitrogens with zero attached hydrogens (tertiary/aromatic N) is 2. The van der Waals surface area contributed by atoms with Gasteiger partial charge in [-0.25, -0.2) is 0 Å². The molecular formula is C20H26N2O2S. The summed E-state index contributed by atoms with van der Waals surface area (Å²) in [5, 5.41) is 3.12. The number of benzene rings is 1. The van der Waals surface area contributed by atoms with Crippen LogP contribution < -0.4 is 0 Å². The van der Waals surface area contributed by atoms with Crippen LogP contribution in [0.3, 0.4) is 0 Å². The molecule has 3 heterocycles. The Labute approximate surface area is 153 Å². The molecule has 0 saturated carbocycles. The van der Waals surface area contributed by atoms with E-state index >= 15 is 0 Å². The molecule has 134 valence electrons. The Morgan fingerprint density at radius 2 is 2.20 bits per heavy atom. The Balaban J connectivity index is 1.56. The summed E-state index contributed by atoms with van der Waals surface area (Å²) in [6, 6.07) is 8.20. The van der Waals surface area contributed by atoms with Crippen LogP contribution in [0.1, 0.15) is 23.7 Å². The third-order valence-corrected chi connectivity index (χ3v) is 7.05. The number of methoxy groups -OCH3 is 1. The number of fused-ring (bicyclic) bond motifs is 1. The van der Waals surface area contributed by atoms with Gasteiger partial charge in [0.2, 0.25) is 0 Å². The third-order valence-electron chi connectivity index (χ3n) is 6.08. The van der Waals surface area contributed by atoms with Crippen molar-refractivity contribution in [2.75, 3.05) is 46.4 Å². The maximum absolute atomic E-state index is 13.2. The van der Waals surface area contributed by atoms with Gasteiger partial charge in [0.05, 0.1) is 12.2 Å². The van der Waals surface area contributed by atoms with Crippen LogP contribution in [-0.4, -0.2) is 62.1 Å². The summed E-state index contributed by atoms with van der Waals surface area (Å²) in [6.45, 7) is 7.99. The van der Waals surface area contributed by atoms with E-state index < -0.39 is 0 Å². The maximum Gasteiger partial charge on any atom is 0.255 e. The van der Waals surface area contributed by atoms with Crippen LogP contribution in [0.4, 0.5) is 0 Å². The molecule has 4 nitrogen and oxygen atoms in total. The fourth-order valence-electron chi connectivity index (χ4n) is 4.66. The fourth-order valence-corrected chi connectivity index (χ4v) is 5.60. The Bertz CT molecular complexity index is 774. The minimum Gasteiger partial charge on any atom is -0.384 e. The summed E-state index contributed by atoms with van der Waals surface area (Å²) in [7, 11) is 1.79. The molecule has 0 aliphatic carbocycles. The molecule has 1 spiro atoms. The molecular weight excluding hydrogens is 332 g/mol. The molecule has 4 rings (SSSR count). The van der Waals surface area contributed by atoms with Gasteiger partial charge in [0.1, 0.15) is 0 Å². The van der Waals surface area contributed by atoms with Gasteiger partial charge in [-0.15, -0.1) is 11.3 Å². The third kappa shape index (κ3) is 2.88. The summed E-state index contributed by atoms with van der Waals surface area (Å²) < 4.78 is 6.69. The van der Waals surface area contributed by atoms with E-state index in [1.54, 1.807) is 18.4 Å². The summed E-state index contributed by atoms with van der Waals surface area (Å²) in [4.78, 5) is 17.8. The number of amides is 1. The van der Waals surface area contributed by atoms with E-state index in [4.69, 9.17) is 4.74 Å². The first kappa shape index (κ1) is 17.0. The van der Waals surface area contributed by atoms with E-state index in [1.807, 2.05) is 17.5 Å². The van der Waals surface area contributed by atoms with Crippen molar-refractivity contribution in [3.63, 3.8) is 0 Å². The molecule has 25 heavy (non-hydrogen) atoms. The lowest BCUT2D eigenvalue weighted by Crippen LogP contribution is -2.38. The molecule has 2 aromatic rings. The second-order valence-electron chi connectivity index (χ2n) is 7.46. The lowest BCUT2D eigenvalue weighted by atomic mass is 9.77. The van der Waals surface area contributed by atoms with Crippen molar-refractivity contribution in [2.24, 2.45) is 11.3 Å². The standard InChI is InChI=1S/C20H26N2O2S/c1-3-21-10-15(11-24-2)20(13-21)8-9-22(14-20)19(23)17-12-25-18-7-5-4-6-16(17)18/h4-7,12,15H,3,8-11,13-14H2,1-2H3/t15-,20+/m0/s1. The van der Waals surface area contributed by atoms with Crippen molar-refractivity contribution in [3.05, 3.63) is 35.2 Å². The molecule has 1 amide bonds. The molecule has 2 fully saturated rings. The van der Waals surface area contributed by atoms with Gasteiger partial charge in [0, 0.05) is 60.1 Å². The quantitative estimate of drug-likeness (QED) is 0.840. The second-order valence-corrected chi connectivity index (χ2v) is 8.38. The highest BCUT2D eigenvalue weighted by molar-refractivity contribution is 7.17. The average Bonchev–Trinajstić information content (AvgIpc) is 3.33. The number of carbonyl (C=O) groups excluding carboxylic acids is 1. The van der Waals surface area contributed by atoms with Crippen molar-refractivity contribution in [1.82, 2.24) is 9.80 Å². The molecule has 1 aromatic carbocycles. The van der Waals surface area contributed by atoms with E-state index in [9.17, 15) is 4.79 Å². The van der Waals surface area contributed by atoms with Gasteiger partial charge in [0.15, 0.2) is 0 Å². The highest BCUT2D eigenvalue weighted by Gasteiger charge is 2.50. The summed E-state index contributed by atoms with van der Waals surface area (Å²) >= 11 is 1.66. The lowest BCUT2D eigenvalue weighted by Gasteiger charge is -2.30. The molecule has 2 aliphatic heterocycles. The molecule has 0 unspecified atom stereocenters. The largest absolute Gasteiger partial charge is 0.384 e. The topological polar surface area (TPSA) is 32.8 Å². The summed E-state index contributed by atoms with van der Waals surface area (Å²) in [5.41, 5.74) is 1.07. The van der Waals surface area contributed by atoms with Crippen molar-refractivity contribution in [3.8, 4) is 0 Å². The van der Waals surface area contributed by atoms with E-state index in [1.165, 1.54) is 4.70 Å². The second kappa shape index (κ2) is 6.71. The smallest absolute Gasteiger partial charge is 0.255 e. The summed E-state index contributed by atoms with van der Waals surface area (Å²) in [6.07, 6.45) is 1.09. The SMILES string of the molecule is CCN1C[C@@H](COC)[C@]2(CCN(C(=O)c3csc4ccccc34)C2)C1. The van der Waals surface area contributed by atoms with Crippen LogP contribution in [0.5, 0.6) is 0 Å². The average molecular weight is 359 g/mol. The summed E-state index contributed by atoms with van der Waals surface area (Å²) in [5.74, 6) is 0.718.